The van der Waals surface area contributed by atoms with Crippen molar-refractivity contribution >= 4 is 0 Å². The molecule has 0 aromatic heterocycles. The number of hydrogen-bond acceptors (Lipinski definition) is 2. The summed E-state index contributed by atoms with van der Waals surface area (Å²) in [6, 6.07) is 0.639. The Labute approximate surface area is 115 Å². The maximum Gasteiger partial charge on any atom is 0.0202 e. The van der Waals surface area contributed by atoms with Crippen LogP contribution in [0.1, 0.15) is 62.3 Å². The molecule has 0 aromatic rings. The van der Waals surface area contributed by atoms with Gasteiger partial charge in [-0.1, -0.05) is 20.8 Å². The van der Waals surface area contributed by atoms with Crippen LogP contribution in [-0.4, -0.2) is 46.6 Å². The molecule has 0 bridgehead atoms. The van der Waals surface area contributed by atoms with Gasteiger partial charge in [0.15, 0.2) is 0 Å². The van der Waals surface area contributed by atoms with Crippen molar-refractivity contribution in [3.8, 4) is 0 Å². The molecule has 1 aliphatic heterocycles. The highest BCUT2D eigenvalue weighted by Crippen LogP contribution is 2.37. The van der Waals surface area contributed by atoms with Gasteiger partial charge in [-0.15, -0.1) is 0 Å². The van der Waals surface area contributed by atoms with Gasteiger partial charge in [0.1, 0.15) is 0 Å². The van der Waals surface area contributed by atoms with E-state index in [1.165, 1.54) is 19.6 Å². The van der Waals surface area contributed by atoms with Crippen molar-refractivity contribution in [3.63, 3.8) is 0 Å². The second-order valence-corrected chi connectivity index (χ2v) is 8.47. The van der Waals surface area contributed by atoms with Gasteiger partial charge in [0.2, 0.25) is 0 Å². The van der Waals surface area contributed by atoms with Crippen LogP contribution in [0, 0.1) is 5.41 Å². The van der Waals surface area contributed by atoms with E-state index in [4.69, 9.17) is 0 Å². The predicted octanol–water partition coefficient (Wildman–Crippen LogP) is 3.62. The second kappa shape index (κ2) is 4.79. The first-order valence-corrected chi connectivity index (χ1v) is 7.39. The number of piperazine rings is 1. The van der Waals surface area contributed by atoms with Crippen molar-refractivity contribution in [1.29, 1.82) is 0 Å². The predicted molar refractivity (Wildman–Crippen MR) is 81.0 cm³/mol. The monoisotopic (exact) mass is 254 g/mol. The van der Waals surface area contributed by atoms with Crippen LogP contribution in [0.5, 0.6) is 0 Å². The summed E-state index contributed by atoms with van der Waals surface area (Å²) >= 11 is 0. The van der Waals surface area contributed by atoms with E-state index in [9.17, 15) is 0 Å². The average Bonchev–Trinajstić information content (AvgIpc) is 2.13. The smallest absolute Gasteiger partial charge is 0.0202 e. The van der Waals surface area contributed by atoms with Crippen molar-refractivity contribution in [2.24, 2.45) is 5.41 Å². The Bertz CT molecular complexity index is 280. The first-order valence-electron chi connectivity index (χ1n) is 7.39. The maximum absolute atomic E-state index is 2.68. The molecule has 1 saturated heterocycles. The van der Waals surface area contributed by atoms with Crippen LogP contribution in [-0.2, 0) is 0 Å². The van der Waals surface area contributed by atoms with Gasteiger partial charge in [-0.25, -0.2) is 0 Å². The first-order chi connectivity index (χ1) is 7.87. The lowest BCUT2D eigenvalue weighted by Crippen LogP contribution is -2.64. The van der Waals surface area contributed by atoms with E-state index < -0.39 is 0 Å². The molecule has 0 aliphatic carbocycles. The fourth-order valence-electron chi connectivity index (χ4n) is 2.94. The minimum Gasteiger partial charge on any atom is -0.295 e. The van der Waals surface area contributed by atoms with E-state index in [-0.39, 0.29) is 11.1 Å². The lowest BCUT2D eigenvalue weighted by atomic mass is 9.74. The summed E-state index contributed by atoms with van der Waals surface area (Å²) in [5, 5.41) is 0. The van der Waals surface area contributed by atoms with E-state index in [1.54, 1.807) is 0 Å². The Morgan fingerprint density at radius 2 is 1.33 bits per heavy atom. The molecule has 0 aromatic carbocycles. The molecule has 1 atom stereocenters. The van der Waals surface area contributed by atoms with Crippen LogP contribution in [0.4, 0.5) is 0 Å². The van der Waals surface area contributed by atoms with Crippen LogP contribution in [0.3, 0.4) is 0 Å². The molecule has 0 unspecified atom stereocenters. The minimum absolute atomic E-state index is 0.255. The average molecular weight is 254 g/mol. The molecule has 1 heterocycles. The molecule has 0 amide bonds. The molecule has 1 fully saturated rings. The third-order valence-corrected chi connectivity index (χ3v) is 5.12. The summed E-state index contributed by atoms with van der Waals surface area (Å²) in [5.41, 5.74) is 0.860. The quantitative estimate of drug-likeness (QED) is 0.705. The third-order valence-electron chi connectivity index (χ3n) is 5.12. The number of nitrogens with zero attached hydrogens (tertiary/aromatic N) is 2. The molecule has 0 saturated carbocycles. The molecule has 0 radical (unpaired) electrons. The van der Waals surface area contributed by atoms with Gasteiger partial charge < -0.3 is 0 Å². The van der Waals surface area contributed by atoms with Gasteiger partial charge in [0, 0.05) is 36.8 Å². The first kappa shape index (κ1) is 16.0. The second-order valence-electron chi connectivity index (χ2n) is 8.47. The lowest BCUT2D eigenvalue weighted by molar-refractivity contribution is -0.0553. The Hall–Kier alpha value is -0.0800. The molecule has 0 spiro atoms. The van der Waals surface area contributed by atoms with Gasteiger partial charge >= 0.3 is 0 Å². The van der Waals surface area contributed by atoms with Crippen LogP contribution in [0.2, 0.25) is 0 Å². The topological polar surface area (TPSA) is 6.48 Å². The summed E-state index contributed by atoms with van der Waals surface area (Å²) < 4.78 is 0. The standard InChI is InChI=1S/C16H34N2/c1-13-12-17(16(8,9)14(2,3)4)10-11-18(13)15(5,6)7/h13H,10-12H2,1-9H3/t13-/m0/s1. The molecule has 1 aliphatic rings. The Kier molecular flexibility index (Phi) is 4.25. The maximum atomic E-state index is 2.68. The highest BCUT2D eigenvalue weighted by molar-refractivity contribution is 4.97. The molecule has 2 heteroatoms. The van der Waals surface area contributed by atoms with Gasteiger partial charge in [-0.05, 0) is 47.0 Å². The van der Waals surface area contributed by atoms with Crippen molar-refractivity contribution in [2.45, 2.75) is 79.4 Å². The van der Waals surface area contributed by atoms with Crippen LogP contribution in [0.25, 0.3) is 0 Å². The zero-order valence-electron chi connectivity index (χ0n) is 14.1. The van der Waals surface area contributed by atoms with Crippen molar-refractivity contribution in [2.75, 3.05) is 19.6 Å². The minimum atomic E-state index is 0.255. The fraction of sp³-hybridized carbons (Fsp3) is 1.00. The van der Waals surface area contributed by atoms with Crippen molar-refractivity contribution < 1.29 is 0 Å². The molecular formula is C16H34N2. The summed E-state index contributed by atoms with van der Waals surface area (Å²) in [4.78, 5) is 5.32. The summed E-state index contributed by atoms with van der Waals surface area (Å²) in [6.07, 6.45) is 0. The summed E-state index contributed by atoms with van der Waals surface area (Å²) in [6.45, 7) is 24.8. The van der Waals surface area contributed by atoms with Gasteiger partial charge in [0.25, 0.3) is 0 Å². The molecular weight excluding hydrogens is 220 g/mol. The molecule has 2 nitrogen and oxygen atoms in total. The number of rotatable bonds is 1. The van der Waals surface area contributed by atoms with Gasteiger partial charge in [0.05, 0.1) is 0 Å². The normalized spacial score (nSPS) is 25.5. The van der Waals surface area contributed by atoms with Crippen LogP contribution >= 0.6 is 0 Å². The van der Waals surface area contributed by atoms with Crippen LogP contribution in [0.15, 0.2) is 0 Å². The zero-order chi connectivity index (χ0) is 14.4. The van der Waals surface area contributed by atoms with Gasteiger partial charge in [-0.2, -0.15) is 0 Å². The fourth-order valence-corrected chi connectivity index (χ4v) is 2.94. The molecule has 18 heavy (non-hydrogen) atoms. The van der Waals surface area contributed by atoms with Crippen molar-refractivity contribution in [3.05, 3.63) is 0 Å². The Balaban J connectivity index is 2.78. The lowest BCUT2D eigenvalue weighted by Gasteiger charge is -2.55. The van der Waals surface area contributed by atoms with Crippen LogP contribution < -0.4 is 0 Å². The largest absolute Gasteiger partial charge is 0.295 e. The molecule has 0 N–H and O–H groups in total. The third kappa shape index (κ3) is 3.08. The van der Waals surface area contributed by atoms with E-state index in [2.05, 4.69) is 72.1 Å². The molecule has 108 valence electrons. The van der Waals surface area contributed by atoms with Crippen molar-refractivity contribution in [1.82, 2.24) is 9.80 Å². The Morgan fingerprint density at radius 3 is 1.67 bits per heavy atom. The summed E-state index contributed by atoms with van der Waals surface area (Å²) in [5.74, 6) is 0. The van der Waals surface area contributed by atoms with E-state index in [0.717, 1.165) is 0 Å². The summed E-state index contributed by atoms with van der Waals surface area (Å²) in [7, 11) is 0. The number of hydrogen-bond donors (Lipinski definition) is 0. The Morgan fingerprint density at radius 1 is 0.833 bits per heavy atom. The molecule has 1 rings (SSSR count). The SMILES string of the molecule is C[C@H]1CN(C(C)(C)C(C)(C)C)CCN1C(C)(C)C. The highest BCUT2D eigenvalue weighted by Gasteiger charge is 2.42. The van der Waals surface area contributed by atoms with E-state index in [0.29, 0.717) is 11.5 Å². The van der Waals surface area contributed by atoms with Gasteiger partial charge in [-0.3, -0.25) is 9.80 Å². The zero-order valence-corrected chi connectivity index (χ0v) is 14.1. The van der Waals surface area contributed by atoms with E-state index in [1.807, 2.05) is 0 Å². The highest BCUT2D eigenvalue weighted by atomic mass is 15.3. The van der Waals surface area contributed by atoms with E-state index >= 15 is 0 Å².